The highest BCUT2D eigenvalue weighted by Crippen LogP contribution is 2.19. The topological polar surface area (TPSA) is 77.8 Å². The van der Waals surface area contributed by atoms with Crippen molar-refractivity contribution in [3.63, 3.8) is 0 Å². The van der Waals surface area contributed by atoms with Crippen molar-refractivity contribution in [3.8, 4) is 0 Å². The van der Waals surface area contributed by atoms with E-state index >= 15 is 0 Å². The second kappa shape index (κ2) is 5.46. The molecule has 0 aromatic rings. The normalized spacial score (nSPS) is 23.2. The summed E-state index contributed by atoms with van der Waals surface area (Å²) in [6.07, 6.45) is -0.811. The van der Waals surface area contributed by atoms with Crippen molar-refractivity contribution in [2.24, 2.45) is 5.92 Å². The third kappa shape index (κ3) is 3.79. The molecule has 86 valence electrons. The van der Waals surface area contributed by atoms with Crippen molar-refractivity contribution in [2.75, 3.05) is 18.4 Å². The van der Waals surface area contributed by atoms with E-state index in [1.807, 2.05) is 0 Å². The summed E-state index contributed by atoms with van der Waals surface area (Å²) in [6.45, 7) is 0.718. The van der Waals surface area contributed by atoms with E-state index in [9.17, 15) is 14.7 Å². The van der Waals surface area contributed by atoms with Gasteiger partial charge in [0.25, 0.3) is 0 Å². The van der Waals surface area contributed by atoms with E-state index in [1.165, 1.54) is 4.90 Å². The lowest BCUT2D eigenvalue weighted by atomic mass is 10.2. The first-order valence-corrected chi connectivity index (χ1v) is 5.88. The number of nitrogens with zero attached hydrogens (tertiary/aromatic N) is 1. The van der Waals surface area contributed by atoms with Crippen molar-refractivity contribution >= 4 is 27.8 Å². The fourth-order valence-electron chi connectivity index (χ4n) is 1.65. The SMILES string of the molecule is O=C(O)CC(O)CN1CC(CBr)CC1=O. The number of halogens is 1. The van der Waals surface area contributed by atoms with Crippen LogP contribution in [-0.4, -0.2) is 51.5 Å². The third-order valence-electron chi connectivity index (χ3n) is 2.35. The van der Waals surface area contributed by atoms with Gasteiger partial charge in [-0.05, 0) is 5.92 Å². The summed E-state index contributed by atoms with van der Waals surface area (Å²) in [4.78, 5) is 23.3. The molecular weight excluding hydrogens is 266 g/mol. The maximum atomic E-state index is 11.4. The number of aliphatic hydroxyl groups is 1. The van der Waals surface area contributed by atoms with Crippen LogP contribution in [0.5, 0.6) is 0 Å². The number of aliphatic carboxylic acids is 1. The predicted octanol–water partition coefficient (Wildman–Crippen LogP) is 0.0654. The molecule has 0 saturated carbocycles. The Labute approximate surface area is 96.2 Å². The van der Waals surface area contributed by atoms with E-state index < -0.39 is 12.1 Å². The molecule has 6 heteroatoms. The fourth-order valence-corrected chi connectivity index (χ4v) is 2.09. The van der Waals surface area contributed by atoms with Crippen molar-refractivity contribution in [1.82, 2.24) is 4.90 Å². The highest BCUT2D eigenvalue weighted by atomic mass is 79.9. The van der Waals surface area contributed by atoms with Gasteiger partial charge in [0.05, 0.1) is 12.5 Å². The molecule has 1 saturated heterocycles. The Morgan fingerprint density at radius 2 is 2.33 bits per heavy atom. The Morgan fingerprint density at radius 1 is 1.67 bits per heavy atom. The standard InChI is InChI=1S/C9H14BrNO4/c10-3-6-1-8(13)11(4-6)5-7(12)2-9(14)15/h6-7,12H,1-5H2,(H,14,15). The number of aliphatic hydroxyl groups excluding tert-OH is 1. The van der Waals surface area contributed by atoms with Crippen molar-refractivity contribution in [2.45, 2.75) is 18.9 Å². The number of amides is 1. The molecule has 2 atom stereocenters. The summed E-state index contributed by atoms with van der Waals surface area (Å²) in [5.74, 6) is -0.787. The highest BCUT2D eigenvalue weighted by molar-refractivity contribution is 9.09. The quantitative estimate of drug-likeness (QED) is 0.698. The summed E-state index contributed by atoms with van der Waals surface area (Å²) < 4.78 is 0. The van der Waals surface area contributed by atoms with Gasteiger partial charge >= 0.3 is 5.97 Å². The molecule has 0 aliphatic carbocycles. The number of hydrogen-bond acceptors (Lipinski definition) is 3. The van der Waals surface area contributed by atoms with Gasteiger partial charge in [-0.15, -0.1) is 0 Å². The van der Waals surface area contributed by atoms with Gasteiger partial charge in [-0.1, -0.05) is 15.9 Å². The second-order valence-electron chi connectivity index (χ2n) is 3.77. The lowest BCUT2D eigenvalue weighted by Gasteiger charge is -2.19. The van der Waals surface area contributed by atoms with Gasteiger partial charge in [-0.2, -0.15) is 0 Å². The molecule has 0 aromatic carbocycles. The van der Waals surface area contributed by atoms with Gasteiger partial charge in [0.1, 0.15) is 0 Å². The molecule has 1 rings (SSSR count). The van der Waals surface area contributed by atoms with Crippen LogP contribution in [0.3, 0.4) is 0 Å². The van der Waals surface area contributed by atoms with Crippen LogP contribution in [0.4, 0.5) is 0 Å². The lowest BCUT2D eigenvalue weighted by Crippen LogP contribution is -2.34. The molecule has 2 unspecified atom stereocenters. The molecule has 0 aromatic heterocycles. The minimum absolute atomic E-state index is 0.0103. The third-order valence-corrected chi connectivity index (χ3v) is 3.27. The number of carbonyl (C=O) groups excluding carboxylic acids is 1. The van der Waals surface area contributed by atoms with Crippen LogP contribution in [0, 0.1) is 5.92 Å². The largest absolute Gasteiger partial charge is 0.481 e. The van der Waals surface area contributed by atoms with Gasteiger partial charge in [0.15, 0.2) is 0 Å². The van der Waals surface area contributed by atoms with E-state index in [1.54, 1.807) is 0 Å². The van der Waals surface area contributed by atoms with E-state index in [-0.39, 0.29) is 24.8 Å². The van der Waals surface area contributed by atoms with E-state index in [0.717, 1.165) is 5.33 Å². The van der Waals surface area contributed by atoms with Gasteiger partial charge in [-0.25, -0.2) is 0 Å². The Kier molecular flexibility index (Phi) is 4.53. The Bertz CT molecular complexity index is 258. The van der Waals surface area contributed by atoms with Crippen LogP contribution >= 0.6 is 15.9 Å². The summed E-state index contributed by atoms with van der Waals surface area (Å²) in [5, 5.41) is 18.6. The summed E-state index contributed by atoms with van der Waals surface area (Å²) in [6, 6.07) is 0. The molecule has 2 N–H and O–H groups in total. The van der Waals surface area contributed by atoms with Crippen molar-refractivity contribution < 1.29 is 19.8 Å². The molecule has 1 aliphatic rings. The number of hydrogen-bond donors (Lipinski definition) is 2. The van der Waals surface area contributed by atoms with Crippen molar-refractivity contribution in [1.29, 1.82) is 0 Å². The monoisotopic (exact) mass is 279 g/mol. The van der Waals surface area contributed by atoms with Gasteiger partial charge in [0, 0.05) is 24.8 Å². The predicted molar refractivity (Wildman–Crippen MR) is 56.7 cm³/mol. The first kappa shape index (κ1) is 12.4. The first-order chi connectivity index (χ1) is 7.02. The number of β-amino-alcohol motifs (C(OH)–C–C–N with tert-alkyl or cyclic N) is 1. The van der Waals surface area contributed by atoms with Gasteiger partial charge in [0.2, 0.25) is 5.91 Å². The molecule has 1 aliphatic heterocycles. The molecule has 0 bridgehead atoms. The second-order valence-corrected chi connectivity index (χ2v) is 4.42. The van der Waals surface area contributed by atoms with E-state index in [0.29, 0.717) is 13.0 Å². The highest BCUT2D eigenvalue weighted by Gasteiger charge is 2.30. The van der Waals surface area contributed by atoms with E-state index in [2.05, 4.69) is 15.9 Å². The fraction of sp³-hybridized carbons (Fsp3) is 0.778. The Hall–Kier alpha value is -0.620. The average molecular weight is 280 g/mol. The Balaban J connectivity index is 2.38. The average Bonchev–Trinajstić information content (AvgIpc) is 2.46. The summed E-state index contributed by atoms with van der Waals surface area (Å²) >= 11 is 3.30. The number of carboxylic acid groups (broad SMARTS) is 1. The molecule has 0 radical (unpaired) electrons. The van der Waals surface area contributed by atoms with Crippen LogP contribution in [0.15, 0.2) is 0 Å². The zero-order valence-corrected chi connectivity index (χ0v) is 9.81. The van der Waals surface area contributed by atoms with Crippen LogP contribution in [0.1, 0.15) is 12.8 Å². The van der Waals surface area contributed by atoms with Gasteiger partial charge < -0.3 is 15.1 Å². The molecular formula is C9H14BrNO4. The zero-order chi connectivity index (χ0) is 11.4. The molecule has 15 heavy (non-hydrogen) atoms. The molecule has 1 heterocycles. The smallest absolute Gasteiger partial charge is 0.306 e. The molecule has 1 fully saturated rings. The van der Waals surface area contributed by atoms with Crippen LogP contribution in [0.2, 0.25) is 0 Å². The maximum Gasteiger partial charge on any atom is 0.306 e. The van der Waals surface area contributed by atoms with Crippen LogP contribution in [0.25, 0.3) is 0 Å². The summed E-state index contributed by atoms with van der Waals surface area (Å²) in [5.41, 5.74) is 0. The van der Waals surface area contributed by atoms with Crippen LogP contribution < -0.4 is 0 Å². The molecule has 1 amide bonds. The lowest BCUT2D eigenvalue weighted by molar-refractivity contribution is -0.140. The number of carboxylic acids is 1. The minimum Gasteiger partial charge on any atom is -0.481 e. The summed E-state index contributed by atoms with van der Waals surface area (Å²) in [7, 11) is 0. The van der Waals surface area contributed by atoms with Crippen molar-refractivity contribution in [3.05, 3.63) is 0 Å². The maximum absolute atomic E-state index is 11.4. The number of likely N-dealkylation sites (tertiary alicyclic amines) is 1. The number of alkyl halides is 1. The molecule has 0 spiro atoms. The van der Waals surface area contributed by atoms with Crippen LogP contribution in [-0.2, 0) is 9.59 Å². The minimum atomic E-state index is -1.05. The van der Waals surface area contributed by atoms with E-state index in [4.69, 9.17) is 5.11 Å². The number of carbonyl (C=O) groups is 2. The molecule has 5 nitrogen and oxygen atoms in total. The first-order valence-electron chi connectivity index (χ1n) is 4.76. The zero-order valence-electron chi connectivity index (χ0n) is 8.23. The number of rotatable bonds is 5. The Morgan fingerprint density at radius 3 is 2.80 bits per heavy atom. The van der Waals surface area contributed by atoms with Gasteiger partial charge in [-0.3, -0.25) is 9.59 Å².